The molecule has 23 heavy (non-hydrogen) atoms. The number of benzene rings is 3. The van der Waals surface area contributed by atoms with E-state index in [1.54, 1.807) is 0 Å². The quantitative estimate of drug-likeness (QED) is 0.330. The van der Waals surface area contributed by atoms with Crippen LogP contribution in [0, 0.1) is 0 Å². The molecule has 0 spiro atoms. The van der Waals surface area contributed by atoms with Crippen molar-refractivity contribution in [2.75, 3.05) is 0 Å². The highest BCUT2D eigenvalue weighted by molar-refractivity contribution is 6.20. The lowest BCUT2D eigenvalue weighted by molar-refractivity contribution is 0.670. The number of fused-ring (bicyclic) bond motifs is 7. The minimum absolute atomic E-state index is 0.949. The SMILES string of the molecule is CC.Cn1c2ccccc2c2ccc3c4ccccc4oc3c21. The van der Waals surface area contributed by atoms with E-state index in [4.69, 9.17) is 4.42 Å². The average molecular weight is 301 g/mol. The maximum atomic E-state index is 6.16. The Hall–Kier alpha value is -2.74. The van der Waals surface area contributed by atoms with Gasteiger partial charge in [0.15, 0.2) is 5.58 Å². The number of rotatable bonds is 0. The fourth-order valence-electron chi connectivity index (χ4n) is 3.44. The molecule has 114 valence electrons. The first-order valence-electron chi connectivity index (χ1n) is 8.12. The number of aryl methyl sites for hydroxylation is 1. The lowest BCUT2D eigenvalue weighted by atomic mass is 10.1. The van der Waals surface area contributed by atoms with Gasteiger partial charge < -0.3 is 8.98 Å². The molecule has 2 heteroatoms. The molecule has 5 aromatic rings. The predicted octanol–water partition coefficient (Wildman–Crippen LogP) is 6.26. The molecule has 2 heterocycles. The molecule has 0 saturated carbocycles. The Labute approximate surface area is 134 Å². The summed E-state index contributed by atoms with van der Waals surface area (Å²) < 4.78 is 8.39. The van der Waals surface area contributed by atoms with Gasteiger partial charge in [-0.2, -0.15) is 0 Å². The fourth-order valence-corrected chi connectivity index (χ4v) is 3.44. The molecule has 0 fully saturated rings. The van der Waals surface area contributed by atoms with Crippen molar-refractivity contribution in [1.29, 1.82) is 0 Å². The molecule has 0 N–H and O–H groups in total. The normalized spacial score (nSPS) is 11.3. The summed E-state index contributed by atoms with van der Waals surface area (Å²) in [5.74, 6) is 0. The molecule has 0 unspecified atom stereocenters. The van der Waals surface area contributed by atoms with Gasteiger partial charge >= 0.3 is 0 Å². The van der Waals surface area contributed by atoms with Crippen molar-refractivity contribution < 1.29 is 4.42 Å². The van der Waals surface area contributed by atoms with E-state index in [1.165, 1.54) is 32.6 Å². The minimum atomic E-state index is 0.949. The van der Waals surface area contributed by atoms with E-state index < -0.39 is 0 Å². The van der Waals surface area contributed by atoms with Crippen LogP contribution in [-0.4, -0.2) is 4.57 Å². The molecule has 3 aromatic carbocycles. The summed E-state index contributed by atoms with van der Waals surface area (Å²) in [6.45, 7) is 4.00. The summed E-state index contributed by atoms with van der Waals surface area (Å²) >= 11 is 0. The van der Waals surface area contributed by atoms with E-state index in [0.29, 0.717) is 0 Å². The molecule has 5 rings (SSSR count). The van der Waals surface area contributed by atoms with E-state index in [9.17, 15) is 0 Å². The highest BCUT2D eigenvalue weighted by atomic mass is 16.3. The maximum absolute atomic E-state index is 6.16. The molecule has 2 aromatic heterocycles. The van der Waals surface area contributed by atoms with Crippen molar-refractivity contribution in [2.45, 2.75) is 13.8 Å². The largest absolute Gasteiger partial charge is 0.454 e. The standard InChI is InChI=1S/C19H13NO.C2H6/c1-20-16-8-4-2-6-12(16)14-10-11-15-13-7-3-5-9-17(13)21-19(15)18(14)20;1-2/h2-11H,1H3;1-2H3. The monoisotopic (exact) mass is 301 g/mol. The Bertz CT molecular complexity index is 1140. The highest BCUT2D eigenvalue weighted by Gasteiger charge is 2.15. The fraction of sp³-hybridized carbons (Fsp3) is 0.143. The molecule has 0 aliphatic rings. The second kappa shape index (κ2) is 5.17. The molecule has 0 amide bonds. The Kier molecular flexibility index (Phi) is 3.12. The number of aromatic nitrogens is 1. The lowest BCUT2D eigenvalue weighted by Gasteiger charge is -1.98. The first-order chi connectivity index (χ1) is 11.3. The van der Waals surface area contributed by atoms with Gasteiger partial charge in [-0.25, -0.2) is 0 Å². The van der Waals surface area contributed by atoms with Crippen molar-refractivity contribution in [3.63, 3.8) is 0 Å². The van der Waals surface area contributed by atoms with Gasteiger partial charge in [0, 0.05) is 34.1 Å². The molecule has 0 aliphatic heterocycles. The van der Waals surface area contributed by atoms with Crippen LogP contribution in [0.2, 0.25) is 0 Å². The second-order valence-corrected chi connectivity index (χ2v) is 5.51. The maximum Gasteiger partial charge on any atom is 0.159 e. The summed E-state index contributed by atoms with van der Waals surface area (Å²) in [5.41, 5.74) is 4.34. The van der Waals surface area contributed by atoms with Crippen LogP contribution in [0.1, 0.15) is 13.8 Å². The van der Waals surface area contributed by atoms with Crippen molar-refractivity contribution >= 4 is 43.7 Å². The number of nitrogens with zero attached hydrogens (tertiary/aromatic N) is 1. The number of para-hydroxylation sites is 2. The van der Waals surface area contributed by atoms with Crippen LogP contribution < -0.4 is 0 Å². The molecular weight excluding hydrogens is 282 g/mol. The summed E-state index contributed by atoms with van der Waals surface area (Å²) in [7, 11) is 2.11. The summed E-state index contributed by atoms with van der Waals surface area (Å²) in [5, 5.41) is 4.89. The third-order valence-electron chi connectivity index (χ3n) is 4.41. The van der Waals surface area contributed by atoms with E-state index in [-0.39, 0.29) is 0 Å². The zero-order valence-corrected chi connectivity index (χ0v) is 13.6. The van der Waals surface area contributed by atoms with Gasteiger partial charge in [-0.1, -0.05) is 56.3 Å². The Morgan fingerprint density at radius 2 is 1.35 bits per heavy atom. The smallest absolute Gasteiger partial charge is 0.159 e. The third-order valence-corrected chi connectivity index (χ3v) is 4.41. The van der Waals surface area contributed by atoms with E-state index in [0.717, 1.165) is 11.2 Å². The van der Waals surface area contributed by atoms with Crippen molar-refractivity contribution in [3.8, 4) is 0 Å². The predicted molar refractivity (Wildman–Crippen MR) is 99.1 cm³/mol. The zero-order valence-electron chi connectivity index (χ0n) is 13.6. The minimum Gasteiger partial charge on any atom is -0.454 e. The average Bonchev–Trinajstić information content (AvgIpc) is 3.13. The number of furan rings is 1. The van der Waals surface area contributed by atoms with E-state index in [2.05, 4.69) is 60.1 Å². The number of hydrogen-bond donors (Lipinski definition) is 0. The van der Waals surface area contributed by atoms with Gasteiger partial charge in [0.1, 0.15) is 5.58 Å². The highest BCUT2D eigenvalue weighted by Crippen LogP contribution is 2.37. The van der Waals surface area contributed by atoms with Gasteiger partial charge in [-0.3, -0.25) is 0 Å². The summed E-state index contributed by atoms with van der Waals surface area (Å²) in [6.07, 6.45) is 0. The van der Waals surface area contributed by atoms with Crippen LogP contribution in [0.25, 0.3) is 43.7 Å². The summed E-state index contributed by atoms with van der Waals surface area (Å²) in [4.78, 5) is 0. The Morgan fingerprint density at radius 1 is 0.696 bits per heavy atom. The van der Waals surface area contributed by atoms with Crippen LogP contribution in [0.5, 0.6) is 0 Å². The topological polar surface area (TPSA) is 18.1 Å². The third kappa shape index (κ3) is 1.81. The van der Waals surface area contributed by atoms with E-state index in [1.807, 2.05) is 26.0 Å². The van der Waals surface area contributed by atoms with Crippen LogP contribution >= 0.6 is 0 Å². The van der Waals surface area contributed by atoms with Crippen LogP contribution in [-0.2, 0) is 7.05 Å². The lowest BCUT2D eigenvalue weighted by Crippen LogP contribution is -1.86. The van der Waals surface area contributed by atoms with Crippen LogP contribution in [0.3, 0.4) is 0 Å². The second-order valence-electron chi connectivity index (χ2n) is 5.51. The molecule has 0 saturated heterocycles. The van der Waals surface area contributed by atoms with Crippen LogP contribution in [0.4, 0.5) is 0 Å². The Balaban J connectivity index is 0.000000652. The van der Waals surface area contributed by atoms with Crippen molar-refractivity contribution in [1.82, 2.24) is 4.57 Å². The first kappa shape index (κ1) is 13.9. The van der Waals surface area contributed by atoms with Crippen molar-refractivity contribution in [3.05, 3.63) is 60.7 Å². The molecular formula is C21H19NO. The van der Waals surface area contributed by atoms with Crippen LogP contribution in [0.15, 0.2) is 65.1 Å². The molecule has 0 radical (unpaired) electrons. The van der Waals surface area contributed by atoms with Crippen molar-refractivity contribution in [2.24, 2.45) is 7.05 Å². The molecule has 0 aliphatic carbocycles. The zero-order chi connectivity index (χ0) is 16.0. The van der Waals surface area contributed by atoms with Gasteiger partial charge in [-0.15, -0.1) is 0 Å². The Morgan fingerprint density at radius 3 is 2.17 bits per heavy atom. The molecule has 2 nitrogen and oxygen atoms in total. The summed E-state index contributed by atoms with van der Waals surface area (Å²) in [6, 6.07) is 21.1. The van der Waals surface area contributed by atoms with Gasteiger partial charge in [0.05, 0.1) is 5.52 Å². The van der Waals surface area contributed by atoms with Gasteiger partial charge in [0.25, 0.3) is 0 Å². The molecule has 0 atom stereocenters. The van der Waals surface area contributed by atoms with E-state index >= 15 is 0 Å². The van der Waals surface area contributed by atoms with Gasteiger partial charge in [-0.05, 0) is 18.2 Å². The van der Waals surface area contributed by atoms with Gasteiger partial charge in [0.2, 0.25) is 0 Å². The molecule has 0 bridgehead atoms. The number of hydrogen-bond acceptors (Lipinski definition) is 1. The first-order valence-corrected chi connectivity index (χ1v) is 8.12.